The summed E-state index contributed by atoms with van der Waals surface area (Å²) in [6.45, 7) is 3.55. The van der Waals surface area contributed by atoms with E-state index >= 15 is 0 Å². The predicted molar refractivity (Wildman–Crippen MR) is 72.2 cm³/mol. The zero-order chi connectivity index (χ0) is 11.7. The molecule has 3 aliphatic rings. The molecule has 3 unspecified atom stereocenters. The van der Waals surface area contributed by atoms with Gasteiger partial charge in [-0.1, -0.05) is 19.8 Å². The molecule has 98 valence electrons. The molecule has 3 rings (SSSR count). The largest absolute Gasteiger partial charge is 0.310 e. The van der Waals surface area contributed by atoms with Crippen LogP contribution in [-0.2, 0) is 0 Å². The first kappa shape index (κ1) is 12.0. The van der Waals surface area contributed by atoms with E-state index in [1.807, 2.05) is 0 Å². The molecular weight excluding hydrogens is 208 g/mol. The molecule has 0 aromatic rings. The van der Waals surface area contributed by atoms with E-state index < -0.39 is 0 Å². The van der Waals surface area contributed by atoms with Crippen LogP contribution in [0.25, 0.3) is 0 Å². The Labute approximate surface area is 106 Å². The predicted octanol–water partition coefficient (Wildman–Crippen LogP) is 2.83. The maximum absolute atomic E-state index is 3.88. The molecule has 3 atom stereocenters. The van der Waals surface area contributed by atoms with E-state index in [0.29, 0.717) is 5.54 Å². The second-order valence-corrected chi connectivity index (χ2v) is 6.62. The Morgan fingerprint density at radius 1 is 1.18 bits per heavy atom. The maximum Gasteiger partial charge on any atom is 0.0198 e. The lowest BCUT2D eigenvalue weighted by Crippen LogP contribution is -2.54. The molecule has 3 fully saturated rings. The minimum absolute atomic E-state index is 0.523. The van der Waals surface area contributed by atoms with Gasteiger partial charge in [-0.3, -0.25) is 0 Å². The van der Waals surface area contributed by atoms with Crippen LogP contribution in [0.3, 0.4) is 0 Å². The molecule has 2 N–H and O–H groups in total. The summed E-state index contributed by atoms with van der Waals surface area (Å²) >= 11 is 0. The van der Waals surface area contributed by atoms with E-state index in [0.717, 1.165) is 18.0 Å². The molecule has 2 saturated carbocycles. The van der Waals surface area contributed by atoms with Crippen molar-refractivity contribution in [3.05, 3.63) is 0 Å². The number of fused-ring (bicyclic) bond motifs is 1. The van der Waals surface area contributed by atoms with Crippen molar-refractivity contribution >= 4 is 0 Å². The number of rotatable bonds is 4. The van der Waals surface area contributed by atoms with Gasteiger partial charge in [0.25, 0.3) is 0 Å². The molecule has 0 radical (unpaired) electrons. The van der Waals surface area contributed by atoms with Crippen LogP contribution in [-0.4, -0.2) is 24.2 Å². The standard InChI is InChI=1S/C15H28N2/c1-2-15(8-5-9-15)16-11-13-10-12-6-3-4-7-14(12)17-13/h12-14,16-17H,2-11H2,1H3. The molecule has 2 aliphatic carbocycles. The number of hydrogen-bond acceptors (Lipinski definition) is 2. The van der Waals surface area contributed by atoms with Gasteiger partial charge < -0.3 is 10.6 Å². The fourth-order valence-corrected chi connectivity index (χ4v) is 4.19. The normalized spacial score (nSPS) is 39.7. The van der Waals surface area contributed by atoms with Crippen molar-refractivity contribution in [1.82, 2.24) is 10.6 Å². The van der Waals surface area contributed by atoms with Crippen LogP contribution >= 0.6 is 0 Å². The van der Waals surface area contributed by atoms with Gasteiger partial charge in [-0.2, -0.15) is 0 Å². The third kappa shape index (κ3) is 2.39. The van der Waals surface area contributed by atoms with Gasteiger partial charge in [-0.25, -0.2) is 0 Å². The minimum atomic E-state index is 0.523. The van der Waals surface area contributed by atoms with Crippen LogP contribution in [0.2, 0.25) is 0 Å². The van der Waals surface area contributed by atoms with Crippen LogP contribution in [0, 0.1) is 5.92 Å². The summed E-state index contributed by atoms with van der Waals surface area (Å²) in [5.74, 6) is 0.995. The first-order valence-corrected chi connectivity index (χ1v) is 7.82. The van der Waals surface area contributed by atoms with Gasteiger partial charge in [0, 0.05) is 24.2 Å². The molecule has 17 heavy (non-hydrogen) atoms. The van der Waals surface area contributed by atoms with Gasteiger partial charge in [-0.05, 0) is 50.9 Å². The fourth-order valence-electron chi connectivity index (χ4n) is 4.19. The lowest BCUT2D eigenvalue weighted by atomic mass is 9.74. The Kier molecular flexibility index (Phi) is 3.45. The highest BCUT2D eigenvalue weighted by atomic mass is 15.1. The van der Waals surface area contributed by atoms with E-state index in [-0.39, 0.29) is 0 Å². The van der Waals surface area contributed by atoms with Crippen LogP contribution in [0.15, 0.2) is 0 Å². The third-order valence-corrected chi connectivity index (χ3v) is 5.66. The molecule has 1 heterocycles. The highest BCUT2D eigenvalue weighted by Crippen LogP contribution is 2.36. The highest BCUT2D eigenvalue weighted by molar-refractivity contribution is 4.98. The highest BCUT2D eigenvalue weighted by Gasteiger charge is 2.38. The second-order valence-electron chi connectivity index (χ2n) is 6.62. The monoisotopic (exact) mass is 236 g/mol. The summed E-state index contributed by atoms with van der Waals surface area (Å²) in [5.41, 5.74) is 0.523. The summed E-state index contributed by atoms with van der Waals surface area (Å²) in [4.78, 5) is 0. The van der Waals surface area contributed by atoms with E-state index in [1.165, 1.54) is 64.3 Å². The van der Waals surface area contributed by atoms with Gasteiger partial charge in [0.15, 0.2) is 0 Å². The number of nitrogens with one attached hydrogen (secondary N) is 2. The Hall–Kier alpha value is -0.0800. The summed E-state index contributed by atoms with van der Waals surface area (Å²) < 4.78 is 0. The first-order chi connectivity index (χ1) is 8.31. The van der Waals surface area contributed by atoms with Crippen molar-refractivity contribution in [1.29, 1.82) is 0 Å². The van der Waals surface area contributed by atoms with Crippen molar-refractivity contribution in [3.8, 4) is 0 Å². The molecule has 1 aliphatic heterocycles. The molecule has 0 aromatic carbocycles. The summed E-state index contributed by atoms with van der Waals surface area (Å²) in [6.07, 6.45) is 12.8. The molecule has 0 spiro atoms. The van der Waals surface area contributed by atoms with Crippen molar-refractivity contribution < 1.29 is 0 Å². The average molecular weight is 236 g/mol. The quantitative estimate of drug-likeness (QED) is 0.784. The van der Waals surface area contributed by atoms with E-state index in [4.69, 9.17) is 0 Å². The van der Waals surface area contributed by atoms with Gasteiger partial charge in [0.1, 0.15) is 0 Å². The zero-order valence-electron chi connectivity index (χ0n) is 11.3. The third-order valence-electron chi connectivity index (χ3n) is 5.66. The van der Waals surface area contributed by atoms with Crippen LogP contribution in [0.1, 0.15) is 64.7 Å². The Morgan fingerprint density at radius 2 is 2.00 bits per heavy atom. The lowest BCUT2D eigenvalue weighted by Gasteiger charge is -2.43. The van der Waals surface area contributed by atoms with Crippen LogP contribution < -0.4 is 10.6 Å². The molecular formula is C15H28N2. The summed E-state index contributed by atoms with van der Waals surface area (Å²) in [7, 11) is 0. The zero-order valence-corrected chi connectivity index (χ0v) is 11.3. The summed E-state index contributed by atoms with van der Waals surface area (Å²) in [6, 6.07) is 1.61. The van der Waals surface area contributed by atoms with Crippen LogP contribution in [0.5, 0.6) is 0 Å². The first-order valence-electron chi connectivity index (χ1n) is 7.82. The van der Waals surface area contributed by atoms with Gasteiger partial charge in [-0.15, -0.1) is 0 Å². The van der Waals surface area contributed by atoms with E-state index in [2.05, 4.69) is 17.6 Å². The lowest BCUT2D eigenvalue weighted by molar-refractivity contribution is 0.172. The minimum Gasteiger partial charge on any atom is -0.310 e. The molecule has 2 nitrogen and oxygen atoms in total. The molecule has 0 aromatic heterocycles. The molecule has 1 saturated heterocycles. The van der Waals surface area contributed by atoms with E-state index in [1.54, 1.807) is 0 Å². The SMILES string of the molecule is CCC1(NCC2CC3CCCCC3N2)CCC1. The Morgan fingerprint density at radius 3 is 2.65 bits per heavy atom. The summed E-state index contributed by atoms with van der Waals surface area (Å²) in [5, 5.41) is 7.75. The van der Waals surface area contributed by atoms with E-state index in [9.17, 15) is 0 Å². The average Bonchev–Trinajstić information content (AvgIpc) is 2.71. The van der Waals surface area contributed by atoms with Crippen molar-refractivity contribution in [2.24, 2.45) is 5.92 Å². The van der Waals surface area contributed by atoms with Crippen LogP contribution in [0.4, 0.5) is 0 Å². The van der Waals surface area contributed by atoms with Crippen molar-refractivity contribution in [2.45, 2.75) is 82.3 Å². The Balaban J connectivity index is 1.47. The van der Waals surface area contributed by atoms with Gasteiger partial charge in [0.05, 0.1) is 0 Å². The van der Waals surface area contributed by atoms with Gasteiger partial charge >= 0.3 is 0 Å². The molecule has 0 amide bonds. The number of hydrogen-bond donors (Lipinski definition) is 2. The molecule has 2 heteroatoms. The smallest absolute Gasteiger partial charge is 0.0198 e. The topological polar surface area (TPSA) is 24.1 Å². The van der Waals surface area contributed by atoms with Crippen molar-refractivity contribution in [2.75, 3.05) is 6.54 Å². The van der Waals surface area contributed by atoms with Crippen molar-refractivity contribution in [3.63, 3.8) is 0 Å². The Bertz CT molecular complexity index is 240. The maximum atomic E-state index is 3.88. The van der Waals surface area contributed by atoms with Gasteiger partial charge in [0.2, 0.25) is 0 Å². The molecule has 0 bridgehead atoms. The second kappa shape index (κ2) is 4.89. The fraction of sp³-hybridized carbons (Fsp3) is 1.00.